The summed E-state index contributed by atoms with van der Waals surface area (Å²) in [5.74, 6) is 1.13. The molecule has 0 fully saturated rings. The van der Waals surface area contributed by atoms with Crippen LogP contribution in [0, 0.1) is 11.8 Å². The molecule has 0 aliphatic carbocycles. The van der Waals surface area contributed by atoms with Gasteiger partial charge in [-0.25, -0.2) is 0 Å². The zero-order valence-electron chi connectivity index (χ0n) is 12.0. The number of nitrogens with zero attached hydrogens (tertiary/aromatic N) is 1. The predicted octanol–water partition coefficient (Wildman–Crippen LogP) is 0.935. The molecule has 17 heavy (non-hydrogen) atoms. The molecule has 2 unspecified atom stereocenters. The highest BCUT2D eigenvalue weighted by molar-refractivity contribution is 4.82. The van der Waals surface area contributed by atoms with Gasteiger partial charge in [-0.3, -0.25) is 4.90 Å². The van der Waals surface area contributed by atoms with Crippen LogP contribution in [0.4, 0.5) is 0 Å². The summed E-state index contributed by atoms with van der Waals surface area (Å²) >= 11 is 0. The molecule has 0 aliphatic rings. The zero-order valence-corrected chi connectivity index (χ0v) is 12.0. The van der Waals surface area contributed by atoms with Gasteiger partial charge in [0.2, 0.25) is 0 Å². The third-order valence-electron chi connectivity index (χ3n) is 2.71. The Kier molecular flexibility index (Phi) is 8.78. The molecule has 0 saturated carbocycles. The predicted molar refractivity (Wildman–Crippen MR) is 72.0 cm³/mol. The lowest BCUT2D eigenvalue weighted by atomic mass is 10.0. The highest BCUT2D eigenvalue weighted by Crippen LogP contribution is 2.11. The number of rotatable bonds is 9. The maximum absolute atomic E-state index is 9.54. The van der Waals surface area contributed by atoms with E-state index in [1.54, 1.807) is 7.11 Å². The minimum absolute atomic E-state index is 0.0141. The number of hydrogen-bond donors (Lipinski definition) is 2. The summed E-state index contributed by atoms with van der Waals surface area (Å²) in [6.45, 7) is 11.2. The molecule has 0 radical (unpaired) electrons. The van der Waals surface area contributed by atoms with E-state index in [4.69, 9.17) is 10.5 Å². The van der Waals surface area contributed by atoms with E-state index in [-0.39, 0.29) is 18.7 Å². The smallest absolute Gasteiger partial charge is 0.0629 e. The Bertz CT molecular complexity index is 176. The quantitative estimate of drug-likeness (QED) is 0.635. The third-order valence-corrected chi connectivity index (χ3v) is 2.71. The minimum Gasteiger partial charge on any atom is -0.395 e. The van der Waals surface area contributed by atoms with Crippen LogP contribution in [0.25, 0.3) is 0 Å². The lowest BCUT2D eigenvalue weighted by molar-refractivity contribution is 0.0564. The molecule has 0 saturated heterocycles. The molecular weight excluding hydrogens is 216 g/mol. The van der Waals surface area contributed by atoms with Gasteiger partial charge in [0.1, 0.15) is 0 Å². The van der Waals surface area contributed by atoms with E-state index < -0.39 is 0 Å². The van der Waals surface area contributed by atoms with Crippen molar-refractivity contribution >= 4 is 0 Å². The Balaban J connectivity index is 4.58. The number of ether oxygens (including phenoxy) is 1. The summed E-state index contributed by atoms with van der Waals surface area (Å²) in [5.41, 5.74) is 6.06. The topological polar surface area (TPSA) is 58.7 Å². The fraction of sp³-hybridized carbons (Fsp3) is 1.00. The van der Waals surface area contributed by atoms with Crippen molar-refractivity contribution in [2.45, 2.75) is 39.8 Å². The van der Waals surface area contributed by atoms with E-state index in [9.17, 15) is 5.11 Å². The summed E-state index contributed by atoms with van der Waals surface area (Å²) in [6, 6.07) is -0.151. The number of aliphatic hydroxyl groups is 1. The highest BCUT2D eigenvalue weighted by Gasteiger charge is 2.25. The van der Waals surface area contributed by atoms with Crippen LogP contribution in [0.2, 0.25) is 0 Å². The van der Waals surface area contributed by atoms with Gasteiger partial charge in [0, 0.05) is 26.2 Å². The molecule has 0 rings (SSSR count). The van der Waals surface area contributed by atoms with E-state index in [0.717, 1.165) is 13.1 Å². The van der Waals surface area contributed by atoms with Crippen LogP contribution in [-0.2, 0) is 4.74 Å². The fourth-order valence-corrected chi connectivity index (χ4v) is 2.11. The van der Waals surface area contributed by atoms with Crippen molar-refractivity contribution in [2.75, 3.05) is 33.4 Å². The molecule has 3 N–H and O–H groups in total. The Labute approximate surface area is 106 Å². The SMILES string of the molecule is COCC(N)C(CO)N(CC(C)C)CC(C)C. The molecule has 0 spiro atoms. The van der Waals surface area contributed by atoms with Crippen molar-refractivity contribution in [1.82, 2.24) is 4.90 Å². The van der Waals surface area contributed by atoms with Gasteiger partial charge in [0.15, 0.2) is 0 Å². The van der Waals surface area contributed by atoms with Crippen molar-refractivity contribution in [2.24, 2.45) is 17.6 Å². The molecule has 0 heterocycles. The van der Waals surface area contributed by atoms with Crippen LogP contribution in [0.3, 0.4) is 0 Å². The normalized spacial score (nSPS) is 15.9. The molecule has 4 nitrogen and oxygen atoms in total. The van der Waals surface area contributed by atoms with E-state index >= 15 is 0 Å². The Morgan fingerprint density at radius 3 is 1.88 bits per heavy atom. The molecule has 104 valence electrons. The average Bonchev–Trinajstić information content (AvgIpc) is 2.16. The third kappa shape index (κ3) is 6.99. The van der Waals surface area contributed by atoms with Crippen molar-refractivity contribution in [3.05, 3.63) is 0 Å². The van der Waals surface area contributed by atoms with Crippen LogP contribution >= 0.6 is 0 Å². The molecule has 2 atom stereocenters. The first-order chi connectivity index (χ1) is 7.92. The molecule has 0 bridgehead atoms. The fourth-order valence-electron chi connectivity index (χ4n) is 2.11. The first kappa shape index (κ1) is 16.8. The second-order valence-corrected chi connectivity index (χ2v) is 5.61. The minimum atomic E-state index is -0.137. The van der Waals surface area contributed by atoms with E-state index in [1.807, 2.05) is 0 Å². The largest absolute Gasteiger partial charge is 0.395 e. The van der Waals surface area contributed by atoms with Crippen molar-refractivity contribution in [3.63, 3.8) is 0 Å². The lowest BCUT2D eigenvalue weighted by Crippen LogP contribution is -2.54. The van der Waals surface area contributed by atoms with E-state index in [0.29, 0.717) is 18.4 Å². The number of aliphatic hydroxyl groups excluding tert-OH is 1. The van der Waals surface area contributed by atoms with Gasteiger partial charge in [-0.1, -0.05) is 27.7 Å². The van der Waals surface area contributed by atoms with Gasteiger partial charge in [-0.15, -0.1) is 0 Å². The van der Waals surface area contributed by atoms with E-state index in [1.165, 1.54) is 0 Å². The monoisotopic (exact) mass is 246 g/mol. The van der Waals surface area contributed by atoms with Crippen LogP contribution in [0.5, 0.6) is 0 Å². The number of methoxy groups -OCH3 is 1. The van der Waals surface area contributed by atoms with E-state index in [2.05, 4.69) is 32.6 Å². The molecular formula is C13H30N2O2. The van der Waals surface area contributed by atoms with Gasteiger partial charge in [0.25, 0.3) is 0 Å². The Morgan fingerprint density at radius 1 is 1.12 bits per heavy atom. The van der Waals surface area contributed by atoms with Crippen LogP contribution in [0.1, 0.15) is 27.7 Å². The van der Waals surface area contributed by atoms with Crippen LogP contribution in [-0.4, -0.2) is 55.5 Å². The molecule has 0 aliphatic heterocycles. The van der Waals surface area contributed by atoms with Gasteiger partial charge >= 0.3 is 0 Å². The molecule has 4 heteroatoms. The zero-order chi connectivity index (χ0) is 13.4. The van der Waals surface area contributed by atoms with Crippen molar-refractivity contribution in [3.8, 4) is 0 Å². The lowest BCUT2D eigenvalue weighted by Gasteiger charge is -2.36. The van der Waals surface area contributed by atoms with Crippen LogP contribution < -0.4 is 5.73 Å². The second kappa shape index (κ2) is 8.86. The molecule has 0 aromatic carbocycles. The summed E-state index contributed by atoms with van der Waals surface area (Å²) in [6.07, 6.45) is 0. The summed E-state index contributed by atoms with van der Waals surface area (Å²) in [4.78, 5) is 2.29. The second-order valence-electron chi connectivity index (χ2n) is 5.61. The van der Waals surface area contributed by atoms with Gasteiger partial charge in [0.05, 0.1) is 19.3 Å². The maximum Gasteiger partial charge on any atom is 0.0629 e. The molecule has 0 aromatic rings. The Morgan fingerprint density at radius 2 is 1.59 bits per heavy atom. The standard InChI is InChI=1S/C13H30N2O2/c1-10(2)6-15(7-11(3)4)13(8-16)12(14)9-17-5/h10-13,16H,6-9,14H2,1-5H3. The van der Waals surface area contributed by atoms with Gasteiger partial charge < -0.3 is 15.6 Å². The summed E-state index contributed by atoms with van der Waals surface area (Å²) in [7, 11) is 1.64. The van der Waals surface area contributed by atoms with Gasteiger partial charge in [-0.05, 0) is 11.8 Å². The molecule has 0 amide bonds. The molecule has 0 aromatic heterocycles. The maximum atomic E-state index is 9.54. The highest BCUT2D eigenvalue weighted by atomic mass is 16.5. The number of nitrogens with two attached hydrogens (primary N) is 1. The van der Waals surface area contributed by atoms with Crippen molar-refractivity contribution in [1.29, 1.82) is 0 Å². The number of hydrogen-bond acceptors (Lipinski definition) is 4. The summed E-state index contributed by atoms with van der Waals surface area (Å²) < 4.78 is 5.08. The average molecular weight is 246 g/mol. The first-order valence-corrected chi connectivity index (χ1v) is 6.51. The Hall–Kier alpha value is -0.160. The van der Waals surface area contributed by atoms with Gasteiger partial charge in [-0.2, -0.15) is 0 Å². The first-order valence-electron chi connectivity index (χ1n) is 6.51. The van der Waals surface area contributed by atoms with Crippen molar-refractivity contribution < 1.29 is 9.84 Å². The summed E-state index contributed by atoms with van der Waals surface area (Å²) in [5, 5.41) is 9.54. The van der Waals surface area contributed by atoms with Crippen LogP contribution in [0.15, 0.2) is 0 Å².